The van der Waals surface area contributed by atoms with Crippen molar-refractivity contribution in [3.63, 3.8) is 0 Å². The standard InChI is InChI=1S/C21H31FN4O/c1-24-19(16-21(20(24)27)7-9-23-10-8-21)6-11-25-12-14-26(15-13-25)18-4-2-17(22)3-5-18/h2-5,19,23H,6-16H2,1H3. The zero-order valence-corrected chi connectivity index (χ0v) is 16.3. The first-order chi connectivity index (χ1) is 13.1. The van der Waals surface area contributed by atoms with Gasteiger partial charge in [-0.15, -0.1) is 0 Å². The highest BCUT2D eigenvalue weighted by atomic mass is 19.1. The Hall–Kier alpha value is -1.66. The van der Waals surface area contributed by atoms with Gasteiger partial charge in [0.2, 0.25) is 5.91 Å². The zero-order valence-electron chi connectivity index (χ0n) is 16.3. The first-order valence-corrected chi connectivity index (χ1v) is 10.3. The molecule has 1 atom stereocenters. The quantitative estimate of drug-likeness (QED) is 0.874. The maximum absolute atomic E-state index is 13.1. The van der Waals surface area contributed by atoms with Crippen molar-refractivity contribution in [1.82, 2.24) is 15.1 Å². The number of hydrogen-bond acceptors (Lipinski definition) is 4. The van der Waals surface area contributed by atoms with Crippen molar-refractivity contribution in [3.8, 4) is 0 Å². The van der Waals surface area contributed by atoms with Crippen LogP contribution >= 0.6 is 0 Å². The number of nitrogens with zero attached hydrogens (tertiary/aromatic N) is 3. The van der Waals surface area contributed by atoms with Gasteiger partial charge in [-0.05, 0) is 63.0 Å². The molecule has 3 aliphatic rings. The molecule has 3 heterocycles. The van der Waals surface area contributed by atoms with Gasteiger partial charge in [0, 0.05) is 51.5 Å². The fourth-order valence-corrected chi connectivity index (χ4v) is 5.05. The van der Waals surface area contributed by atoms with Crippen LogP contribution in [0, 0.1) is 11.2 Å². The molecule has 1 unspecified atom stereocenters. The number of rotatable bonds is 4. The number of piperazine rings is 1. The molecule has 27 heavy (non-hydrogen) atoms. The van der Waals surface area contributed by atoms with E-state index in [0.717, 1.165) is 77.2 Å². The van der Waals surface area contributed by atoms with Crippen LogP contribution in [0.4, 0.5) is 10.1 Å². The van der Waals surface area contributed by atoms with Gasteiger partial charge in [-0.1, -0.05) is 0 Å². The molecule has 3 fully saturated rings. The Morgan fingerprint density at radius 2 is 1.78 bits per heavy atom. The summed E-state index contributed by atoms with van der Waals surface area (Å²) in [5.74, 6) is 0.189. The van der Waals surface area contributed by atoms with Crippen LogP contribution in [0.1, 0.15) is 25.7 Å². The molecule has 0 aliphatic carbocycles. The summed E-state index contributed by atoms with van der Waals surface area (Å²) in [4.78, 5) is 19.7. The van der Waals surface area contributed by atoms with E-state index in [1.54, 1.807) is 0 Å². The minimum absolute atomic E-state index is 0.0913. The number of carbonyl (C=O) groups is 1. The summed E-state index contributed by atoms with van der Waals surface area (Å²) in [5, 5.41) is 3.39. The summed E-state index contributed by atoms with van der Waals surface area (Å²) in [5.41, 5.74) is 1.01. The third kappa shape index (κ3) is 3.83. The Balaban J connectivity index is 1.26. The molecule has 1 aromatic carbocycles. The fourth-order valence-electron chi connectivity index (χ4n) is 5.05. The van der Waals surface area contributed by atoms with Crippen LogP contribution in [0.25, 0.3) is 0 Å². The second kappa shape index (κ2) is 7.76. The predicted molar refractivity (Wildman–Crippen MR) is 105 cm³/mol. The fraction of sp³-hybridized carbons (Fsp3) is 0.667. The van der Waals surface area contributed by atoms with E-state index in [4.69, 9.17) is 0 Å². The van der Waals surface area contributed by atoms with E-state index >= 15 is 0 Å². The van der Waals surface area contributed by atoms with Crippen LogP contribution in [-0.2, 0) is 4.79 Å². The van der Waals surface area contributed by atoms with Gasteiger partial charge in [-0.25, -0.2) is 4.39 Å². The average molecular weight is 375 g/mol. The number of likely N-dealkylation sites (tertiary alicyclic amines) is 1. The minimum atomic E-state index is -0.181. The van der Waals surface area contributed by atoms with Gasteiger partial charge in [0.15, 0.2) is 0 Å². The van der Waals surface area contributed by atoms with Crippen molar-refractivity contribution < 1.29 is 9.18 Å². The Morgan fingerprint density at radius 1 is 1.11 bits per heavy atom. The molecule has 0 bridgehead atoms. The topological polar surface area (TPSA) is 38.8 Å². The van der Waals surface area contributed by atoms with Crippen LogP contribution in [0.15, 0.2) is 24.3 Å². The lowest BCUT2D eigenvalue weighted by Crippen LogP contribution is -2.47. The number of amides is 1. The number of halogens is 1. The Labute approximate surface area is 161 Å². The highest BCUT2D eigenvalue weighted by Gasteiger charge is 2.49. The smallest absolute Gasteiger partial charge is 0.228 e. The highest BCUT2D eigenvalue weighted by Crippen LogP contribution is 2.43. The van der Waals surface area contributed by atoms with Crippen LogP contribution < -0.4 is 10.2 Å². The number of anilines is 1. The van der Waals surface area contributed by atoms with E-state index < -0.39 is 0 Å². The SMILES string of the molecule is CN1C(=O)C2(CCNCC2)CC1CCN1CCN(c2ccc(F)cc2)CC1. The lowest BCUT2D eigenvalue weighted by atomic mass is 9.76. The molecular formula is C21H31FN4O. The molecule has 3 aliphatic heterocycles. The molecule has 3 saturated heterocycles. The first kappa shape index (κ1) is 18.7. The largest absolute Gasteiger partial charge is 0.369 e. The maximum Gasteiger partial charge on any atom is 0.228 e. The van der Waals surface area contributed by atoms with E-state index in [-0.39, 0.29) is 11.2 Å². The van der Waals surface area contributed by atoms with Crippen LogP contribution in [-0.4, -0.2) is 74.6 Å². The molecule has 0 aromatic heterocycles. The summed E-state index contributed by atoms with van der Waals surface area (Å²) in [6, 6.07) is 7.17. The maximum atomic E-state index is 13.1. The first-order valence-electron chi connectivity index (χ1n) is 10.3. The summed E-state index contributed by atoms with van der Waals surface area (Å²) < 4.78 is 13.1. The third-order valence-electron chi connectivity index (χ3n) is 6.85. The molecule has 1 spiro atoms. The lowest BCUT2D eigenvalue weighted by molar-refractivity contribution is -0.136. The van der Waals surface area contributed by atoms with E-state index in [1.807, 2.05) is 24.1 Å². The molecule has 0 radical (unpaired) electrons. The van der Waals surface area contributed by atoms with Gasteiger partial charge in [0.25, 0.3) is 0 Å². The highest BCUT2D eigenvalue weighted by molar-refractivity contribution is 5.85. The van der Waals surface area contributed by atoms with E-state index in [2.05, 4.69) is 15.1 Å². The Bertz CT molecular complexity index is 651. The number of nitrogens with one attached hydrogen (secondary N) is 1. The van der Waals surface area contributed by atoms with Gasteiger partial charge < -0.3 is 15.1 Å². The molecular weight excluding hydrogens is 343 g/mol. The normalized spacial score (nSPS) is 26.1. The second-order valence-electron chi connectivity index (χ2n) is 8.40. The molecule has 5 nitrogen and oxygen atoms in total. The molecule has 1 N–H and O–H groups in total. The third-order valence-corrected chi connectivity index (χ3v) is 6.85. The van der Waals surface area contributed by atoms with Crippen molar-refractivity contribution in [2.45, 2.75) is 31.7 Å². The van der Waals surface area contributed by atoms with E-state index in [0.29, 0.717) is 11.9 Å². The minimum Gasteiger partial charge on any atom is -0.369 e. The van der Waals surface area contributed by atoms with Crippen molar-refractivity contribution in [2.75, 3.05) is 57.8 Å². The van der Waals surface area contributed by atoms with Gasteiger partial charge in [-0.3, -0.25) is 9.69 Å². The van der Waals surface area contributed by atoms with Gasteiger partial charge in [0.1, 0.15) is 5.82 Å². The van der Waals surface area contributed by atoms with Crippen LogP contribution in [0.3, 0.4) is 0 Å². The van der Waals surface area contributed by atoms with E-state index in [9.17, 15) is 9.18 Å². The van der Waals surface area contributed by atoms with Gasteiger partial charge in [-0.2, -0.15) is 0 Å². The van der Waals surface area contributed by atoms with Crippen LogP contribution in [0.2, 0.25) is 0 Å². The summed E-state index contributed by atoms with van der Waals surface area (Å²) in [7, 11) is 2.00. The van der Waals surface area contributed by atoms with Crippen LogP contribution in [0.5, 0.6) is 0 Å². The number of benzene rings is 1. The molecule has 1 aromatic rings. The number of carbonyl (C=O) groups excluding carboxylic acids is 1. The number of piperidine rings is 1. The summed E-state index contributed by atoms with van der Waals surface area (Å²) >= 11 is 0. The van der Waals surface area contributed by atoms with Gasteiger partial charge >= 0.3 is 0 Å². The molecule has 0 saturated carbocycles. The molecule has 6 heteroatoms. The lowest BCUT2D eigenvalue weighted by Gasteiger charge is -2.36. The second-order valence-corrected chi connectivity index (χ2v) is 8.40. The average Bonchev–Trinajstić information content (AvgIpc) is 2.93. The predicted octanol–water partition coefficient (Wildman–Crippen LogP) is 1.94. The Morgan fingerprint density at radius 3 is 2.44 bits per heavy atom. The zero-order chi connectivity index (χ0) is 18.9. The Kier molecular flexibility index (Phi) is 5.37. The number of hydrogen-bond donors (Lipinski definition) is 1. The van der Waals surface area contributed by atoms with Crippen molar-refractivity contribution in [1.29, 1.82) is 0 Å². The van der Waals surface area contributed by atoms with Crippen molar-refractivity contribution in [3.05, 3.63) is 30.1 Å². The summed E-state index contributed by atoms with van der Waals surface area (Å²) in [6.07, 6.45) is 4.07. The molecule has 1 amide bonds. The summed E-state index contributed by atoms with van der Waals surface area (Å²) in [6.45, 7) is 6.98. The van der Waals surface area contributed by atoms with Crippen molar-refractivity contribution in [2.24, 2.45) is 5.41 Å². The van der Waals surface area contributed by atoms with E-state index in [1.165, 1.54) is 12.1 Å². The van der Waals surface area contributed by atoms with Gasteiger partial charge in [0.05, 0.1) is 5.41 Å². The van der Waals surface area contributed by atoms with Crippen molar-refractivity contribution >= 4 is 11.6 Å². The molecule has 4 rings (SSSR count). The molecule has 148 valence electrons. The monoisotopic (exact) mass is 374 g/mol.